The van der Waals surface area contributed by atoms with E-state index in [9.17, 15) is 19.8 Å². The third-order valence-corrected chi connectivity index (χ3v) is 8.84. The van der Waals surface area contributed by atoms with Crippen LogP contribution in [0.15, 0.2) is 11.6 Å². The van der Waals surface area contributed by atoms with Crippen molar-refractivity contribution in [2.75, 3.05) is 13.2 Å². The van der Waals surface area contributed by atoms with Crippen LogP contribution in [0.1, 0.15) is 53.4 Å². The molecule has 28 heavy (non-hydrogen) atoms. The molecule has 2 N–H and O–H groups in total. The van der Waals surface area contributed by atoms with Crippen LogP contribution in [-0.4, -0.2) is 41.8 Å². The molecule has 4 aliphatic rings. The van der Waals surface area contributed by atoms with E-state index in [4.69, 9.17) is 4.74 Å². The van der Waals surface area contributed by atoms with E-state index in [1.165, 1.54) is 0 Å². The van der Waals surface area contributed by atoms with Gasteiger partial charge in [0.2, 0.25) is 0 Å². The number of hydrogen-bond acceptors (Lipinski definition) is 4. The van der Waals surface area contributed by atoms with Gasteiger partial charge < -0.3 is 19.7 Å². The highest BCUT2D eigenvalue weighted by molar-refractivity contribution is 5.90. The number of carbonyl (C=O) groups is 2. The first kappa shape index (κ1) is 20.1. The van der Waals surface area contributed by atoms with Crippen LogP contribution in [0.25, 0.3) is 0 Å². The van der Waals surface area contributed by atoms with E-state index in [2.05, 4.69) is 13.0 Å². The average molecular weight is 391 g/mol. The average Bonchev–Trinajstić information content (AvgIpc) is 3.18. The van der Waals surface area contributed by atoms with Crippen molar-refractivity contribution in [2.24, 2.45) is 45.8 Å². The summed E-state index contributed by atoms with van der Waals surface area (Å²) < 4.78 is 5.95. The first-order chi connectivity index (χ1) is 13.2. The fourth-order valence-corrected chi connectivity index (χ4v) is 8.05. The Kier molecular flexibility index (Phi) is 4.59. The van der Waals surface area contributed by atoms with Crippen LogP contribution in [-0.2, 0) is 14.3 Å². The Morgan fingerprint density at radius 3 is 2.61 bits per heavy atom. The van der Waals surface area contributed by atoms with Crippen molar-refractivity contribution in [3.8, 4) is 0 Å². The van der Waals surface area contributed by atoms with Crippen LogP contribution in [0.4, 0.5) is 0 Å². The standard InChI is InChI=1S/C23H34O5/c1-13(2)19-7-16-8-21(11-24)18-6-5-14(3)17(18)9-22(16,12-28-10-15(4)25)23(19,21)20(26)27/h7,11,13-18,25H,5-6,8-10,12H2,1-4H3,(H,26,27)/t14?,15-,16?,17?,18?,21?,22?,23?/m1/s1. The van der Waals surface area contributed by atoms with Gasteiger partial charge in [-0.25, -0.2) is 0 Å². The predicted molar refractivity (Wildman–Crippen MR) is 105 cm³/mol. The molecule has 5 heteroatoms. The molecule has 156 valence electrons. The van der Waals surface area contributed by atoms with Gasteiger partial charge in [-0.2, -0.15) is 0 Å². The molecule has 8 atom stereocenters. The van der Waals surface area contributed by atoms with E-state index in [1.807, 2.05) is 13.8 Å². The Morgan fingerprint density at radius 2 is 2.04 bits per heavy atom. The van der Waals surface area contributed by atoms with Crippen molar-refractivity contribution in [3.05, 3.63) is 11.6 Å². The van der Waals surface area contributed by atoms with E-state index in [1.54, 1.807) is 6.92 Å². The zero-order chi connectivity index (χ0) is 20.5. The molecule has 4 bridgehead atoms. The Morgan fingerprint density at radius 1 is 1.32 bits per heavy atom. The van der Waals surface area contributed by atoms with Crippen molar-refractivity contribution in [2.45, 2.75) is 59.5 Å². The Bertz CT molecular complexity index is 712. The molecule has 4 rings (SSSR count). The number of aliphatic carboxylic acids is 1. The predicted octanol–water partition coefficient (Wildman–Crippen LogP) is 3.31. The second-order valence-electron chi connectivity index (χ2n) is 10.4. The van der Waals surface area contributed by atoms with Gasteiger partial charge in [-0.15, -0.1) is 0 Å². The number of fused-ring (bicyclic) bond motifs is 2. The maximum atomic E-state index is 13.1. The molecule has 4 aliphatic carbocycles. The number of hydrogen-bond donors (Lipinski definition) is 2. The summed E-state index contributed by atoms with van der Waals surface area (Å²) >= 11 is 0. The number of ether oxygens (including phenoxy) is 1. The highest BCUT2D eigenvalue weighted by Gasteiger charge is 2.84. The lowest BCUT2D eigenvalue weighted by Crippen LogP contribution is -2.63. The molecule has 0 aliphatic heterocycles. The third-order valence-electron chi connectivity index (χ3n) is 8.84. The summed E-state index contributed by atoms with van der Waals surface area (Å²) in [5.74, 6) is 0.307. The number of allylic oxidation sites excluding steroid dienone is 1. The number of aliphatic hydroxyl groups is 1. The van der Waals surface area contributed by atoms with Gasteiger partial charge in [0.05, 0.1) is 24.7 Å². The number of carboxylic acids is 1. The number of rotatable bonds is 7. The van der Waals surface area contributed by atoms with Crippen LogP contribution in [0, 0.1) is 45.8 Å². The molecule has 0 aromatic heterocycles. The van der Waals surface area contributed by atoms with E-state index >= 15 is 0 Å². The molecule has 0 radical (unpaired) electrons. The van der Waals surface area contributed by atoms with E-state index in [0.717, 1.165) is 31.1 Å². The molecule has 3 saturated carbocycles. The second kappa shape index (κ2) is 6.40. The van der Waals surface area contributed by atoms with E-state index in [0.29, 0.717) is 24.9 Å². The zero-order valence-corrected chi connectivity index (χ0v) is 17.5. The molecule has 7 unspecified atom stereocenters. The van der Waals surface area contributed by atoms with Gasteiger partial charge >= 0.3 is 5.97 Å². The van der Waals surface area contributed by atoms with Gasteiger partial charge in [0.25, 0.3) is 0 Å². The number of aliphatic hydroxyl groups excluding tert-OH is 1. The second-order valence-corrected chi connectivity index (χ2v) is 10.4. The summed E-state index contributed by atoms with van der Waals surface area (Å²) in [6, 6.07) is 0. The molecule has 3 fully saturated rings. The normalized spacial score (nSPS) is 47.1. The number of carbonyl (C=O) groups excluding carboxylic acids is 1. The Labute approximate surface area is 167 Å². The molecule has 0 aromatic rings. The Balaban J connectivity index is 1.90. The van der Waals surface area contributed by atoms with Crippen LogP contribution in [0.3, 0.4) is 0 Å². The van der Waals surface area contributed by atoms with E-state index < -0.39 is 28.3 Å². The highest BCUT2D eigenvalue weighted by Crippen LogP contribution is 2.82. The van der Waals surface area contributed by atoms with Gasteiger partial charge in [0, 0.05) is 5.41 Å². The lowest BCUT2D eigenvalue weighted by molar-refractivity contribution is -0.187. The lowest BCUT2D eigenvalue weighted by atomic mass is 9.43. The lowest BCUT2D eigenvalue weighted by Gasteiger charge is -2.58. The first-order valence-electron chi connectivity index (χ1n) is 10.9. The van der Waals surface area contributed by atoms with Gasteiger partial charge in [-0.05, 0) is 55.8 Å². The van der Waals surface area contributed by atoms with Crippen molar-refractivity contribution < 1.29 is 24.5 Å². The smallest absolute Gasteiger partial charge is 0.315 e. The number of carboxylic acid groups (broad SMARTS) is 1. The fraction of sp³-hybridized carbons (Fsp3) is 0.826. The van der Waals surface area contributed by atoms with Crippen molar-refractivity contribution in [1.82, 2.24) is 0 Å². The van der Waals surface area contributed by atoms with Crippen molar-refractivity contribution >= 4 is 12.3 Å². The summed E-state index contributed by atoms with van der Waals surface area (Å²) in [7, 11) is 0. The molecule has 5 nitrogen and oxygen atoms in total. The molecule has 0 saturated heterocycles. The van der Waals surface area contributed by atoms with Crippen LogP contribution in [0.2, 0.25) is 0 Å². The summed E-state index contributed by atoms with van der Waals surface area (Å²) in [6.07, 6.45) is 6.07. The van der Waals surface area contributed by atoms with Crippen LogP contribution >= 0.6 is 0 Å². The number of aldehydes is 1. The molecular weight excluding hydrogens is 356 g/mol. The minimum Gasteiger partial charge on any atom is -0.481 e. The maximum absolute atomic E-state index is 13.1. The minimum atomic E-state index is -1.18. The monoisotopic (exact) mass is 390 g/mol. The van der Waals surface area contributed by atoms with E-state index in [-0.39, 0.29) is 24.4 Å². The van der Waals surface area contributed by atoms with Gasteiger partial charge in [0.1, 0.15) is 11.7 Å². The molecule has 0 heterocycles. The molecule has 0 amide bonds. The fourth-order valence-electron chi connectivity index (χ4n) is 8.05. The topological polar surface area (TPSA) is 83.8 Å². The molecular formula is C23H34O5. The zero-order valence-electron chi connectivity index (χ0n) is 17.5. The van der Waals surface area contributed by atoms with Crippen LogP contribution < -0.4 is 0 Å². The minimum absolute atomic E-state index is 0.0537. The van der Waals surface area contributed by atoms with Gasteiger partial charge in [-0.1, -0.05) is 38.8 Å². The molecule has 0 aromatic carbocycles. The maximum Gasteiger partial charge on any atom is 0.315 e. The highest BCUT2D eigenvalue weighted by atomic mass is 16.5. The SMILES string of the molecule is CC(C)C1=CC2CC3(C=O)C4CCC(C)C4CC2(COC[C@@H](C)O)C13C(=O)O. The quantitative estimate of drug-likeness (QED) is 0.515. The third kappa shape index (κ3) is 2.10. The summed E-state index contributed by atoms with van der Waals surface area (Å²) in [6.45, 7) is 8.52. The van der Waals surface area contributed by atoms with Crippen molar-refractivity contribution in [3.63, 3.8) is 0 Å². The summed E-state index contributed by atoms with van der Waals surface area (Å²) in [4.78, 5) is 26.0. The first-order valence-corrected chi connectivity index (χ1v) is 10.9. The Hall–Kier alpha value is -1.20. The van der Waals surface area contributed by atoms with Gasteiger partial charge in [0.15, 0.2) is 0 Å². The summed E-state index contributed by atoms with van der Waals surface area (Å²) in [5, 5.41) is 20.5. The molecule has 0 spiro atoms. The largest absolute Gasteiger partial charge is 0.481 e. The van der Waals surface area contributed by atoms with Gasteiger partial charge in [-0.3, -0.25) is 4.79 Å². The summed E-state index contributed by atoms with van der Waals surface area (Å²) in [5.41, 5.74) is -1.67. The van der Waals surface area contributed by atoms with Crippen molar-refractivity contribution in [1.29, 1.82) is 0 Å². The van der Waals surface area contributed by atoms with Crippen LogP contribution in [0.5, 0.6) is 0 Å².